The van der Waals surface area contributed by atoms with Crippen LogP contribution < -0.4 is 10.1 Å². The molecule has 152 valence electrons. The highest BCUT2D eigenvalue weighted by Gasteiger charge is 2.12. The first-order valence-corrected chi connectivity index (χ1v) is 10.6. The number of carbonyl (C=O) groups is 1. The molecule has 1 amide bonds. The van der Waals surface area contributed by atoms with Gasteiger partial charge in [0.2, 0.25) is 0 Å². The Morgan fingerprint density at radius 3 is 2.67 bits per heavy atom. The molecule has 3 rings (SSSR count). The van der Waals surface area contributed by atoms with Crippen LogP contribution in [0.1, 0.15) is 22.9 Å². The number of ether oxygens (including phenoxy) is 1. The van der Waals surface area contributed by atoms with Crippen molar-refractivity contribution in [2.24, 2.45) is 0 Å². The fourth-order valence-electron chi connectivity index (χ4n) is 2.60. The average Bonchev–Trinajstić information content (AvgIpc) is 3.17. The normalized spacial score (nSPS) is 11.1. The molecule has 1 N–H and O–H groups in total. The Bertz CT molecular complexity index is 1120. The molecule has 0 radical (unpaired) electrons. The Kier molecular flexibility index (Phi) is 7.47. The number of hydrogen-bond acceptors (Lipinski definition) is 5. The second kappa shape index (κ2) is 10.3. The molecule has 2 aromatic carbocycles. The second-order valence-electron chi connectivity index (χ2n) is 6.18. The zero-order valence-corrected chi connectivity index (χ0v) is 18.3. The van der Waals surface area contributed by atoms with E-state index in [2.05, 4.69) is 10.3 Å². The number of benzene rings is 2. The number of thiazole rings is 1. The molecular formula is C22H17Cl2N3O2S. The average molecular weight is 458 g/mol. The lowest BCUT2D eigenvalue weighted by atomic mass is 10.1. The first kappa shape index (κ1) is 21.8. The van der Waals surface area contributed by atoms with E-state index in [-0.39, 0.29) is 5.57 Å². The van der Waals surface area contributed by atoms with E-state index in [0.29, 0.717) is 28.2 Å². The number of halogens is 2. The van der Waals surface area contributed by atoms with Crippen molar-refractivity contribution in [1.29, 1.82) is 5.26 Å². The first-order valence-electron chi connectivity index (χ1n) is 9.03. The summed E-state index contributed by atoms with van der Waals surface area (Å²) in [6.45, 7) is 2.47. The van der Waals surface area contributed by atoms with Gasteiger partial charge in [-0.05, 0) is 48.4 Å². The van der Waals surface area contributed by atoms with E-state index in [9.17, 15) is 10.1 Å². The van der Waals surface area contributed by atoms with Crippen molar-refractivity contribution in [3.63, 3.8) is 0 Å². The van der Waals surface area contributed by atoms with Crippen LogP contribution in [0.25, 0.3) is 6.08 Å². The maximum absolute atomic E-state index is 12.5. The smallest absolute Gasteiger partial charge is 0.268 e. The number of nitriles is 1. The number of anilines is 1. The summed E-state index contributed by atoms with van der Waals surface area (Å²) < 4.78 is 5.39. The van der Waals surface area contributed by atoms with Crippen molar-refractivity contribution >= 4 is 51.7 Å². The summed E-state index contributed by atoms with van der Waals surface area (Å²) in [6, 6.07) is 14.5. The molecule has 0 spiro atoms. The summed E-state index contributed by atoms with van der Waals surface area (Å²) in [5.74, 6) is 0.219. The molecule has 5 nitrogen and oxygen atoms in total. The highest BCUT2D eigenvalue weighted by Crippen LogP contribution is 2.26. The Labute approximate surface area is 188 Å². The first-order chi connectivity index (χ1) is 14.5. The quantitative estimate of drug-likeness (QED) is 0.349. The van der Waals surface area contributed by atoms with Gasteiger partial charge < -0.3 is 4.74 Å². The maximum Gasteiger partial charge on any atom is 0.268 e. The van der Waals surface area contributed by atoms with Gasteiger partial charge in [0.15, 0.2) is 5.13 Å². The van der Waals surface area contributed by atoms with E-state index in [1.807, 2.05) is 19.1 Å². The van der Waals surface area contributed by atoms with Gasteiger partial charge in [0.25, 0.3) is 5.91 Å². The van der Waals surface area contributed by atoms with Crippen LogP contribution in [0.2, 0.25) is 10.0 Å². The summed E-state index contributed by atoms with van der Waals surface area (Å²) in [7, 11) is 0. The van der Waals surface area contributed by atoms with Crippen LogP contribution in [-0.2, 0) is 11.2 Å². The molecule has 0 bridgehead atoms. The molecule has 0 aliphatic rings. The van der Waals surface area contributed by atoms with Crippen LogP contribution in [0.15, 0.2) is 54.2 Å². The number of rotatable bonds is 7. The Hall–Kier alpha value is -2.85. The van der Waals surface area contributed by atoms with Crippen LogP contribution >= 0.6 is 34.5 Å². The molecule has 0 saturated carbocycles. The summed E-state index contributed by atoms with van der Waals surface area (Å²) in [5.41, 5.74) is 1.70. The van der Waals surface area contributed by atoms with E-state index >= 15 is 0 Å². The molecule has 8 heteroatoms. The molecule has 0 aliphatic carbocycles. The maximum atomic E-state index is 12.5. The van der Waals surface area contributed by atoms with Crippen molar-refractivity contribution in [2.75, 3.05) is 11.9 Å². The number of aromatic nitrogens is 1. The standard InChI is InChI=1S/C22H17Cl2N3O2S/c1-2-29-17-6-3-14(4-7-17)9-16(12-25)21(28)27-22-26-13-18(30-22)10-15-5-8-19(23)20(24)11-15/h3-9,11,13H,2,10H2,1H3,(H,26,27,28)/b16-9+. The Balaban J connectivity index is 1.67. The zero-order chi connectivity index (χ0) is 21.5. The number of hydrogen-bond donors (Lipinski definition) is 1. The van der Waals surface area contributed by atoms with Crippen molar-refractivity contribution in [2.45, 2.75) is 13.3 Å². The van der Waals surface area contributed by atoms with Gasteiger partial charge in [-0.2, -0.15) is 5.26 Å². The number of amides is 1. The second-order valence-corrected chi connectivity index (χ2v) is 8.11. The van der Waals surface area contributed by atoms with Gasteiger partial charge >= 0.3 is 0 Å². The van der Waals surface area contributed by atoms with Crippen molar-refractivity contribution in [3.8, 4) is 11.8 Å². The molecular weight excluding hydrogens is 441 g/mol. The molecule has 3 aromatic rings. The highest BCUT2D eigenvalue weighted by molar-refractivity contribution is 7.15. The van der Waals surface area contributed by atoms with Crippen LogP contribution in [-0.4, -0.2) is 17.5 Å². The molecule has 30 heavy (non-hydrogen) atoms. The van der Waals surface area contributed by atoms with Gasteiger partial charge in [0, 0.05) is 17.5 Å². The Morgan fingerprint density at radius 2 is 2.00 bits per heavy atom. The van der Waals surface area contributed by atoms with Crippen molar-refractivity contribution < 1.29 is 9.53 Å². The molecule has 0 unspecified atom stereocenters. The molecule has 0 fully saturated rings. The van der Waals surface area contributed by atoms with Gasteiger partial charge in [-0.3, -0.25) is 10.1 Å². The third-order valence-electron chi connectivity index (χ3n) is 4.00. The monoisotopic (exact) mass is 457 g/mol. The lowest BCUT2D eigenvalue weighted by molar-refractivity contribution is -0.112. The lowest BCUT2D eigenvalue weighted by Crippen LogP contribution is -2.13. The molecule has 0 saturated heterocycles. The third-order valence-corrected chi connectivity index (χ3v) is 5.66. The molecule has 0 atom stereocenters. The summed E-state index contributed by atoms with van der Waals surface area (Å²) in [6.07, 6.45) is 3.82. The summed E-state index contributed by atoms with van der Waals surface area (Å²) >= 11 is 13.3. The topological polar surface area (TPSA) is 75.0 Å². The predicted molar refractivity (Wildman–Crippen MR) is 121 cm³/mol. The zero-order valence-electron chi connectivity index (χ0n) is 16.0. The van der Waals surface area contributed by atoms with Gasteiger partial charge in [0.1, 0.15) is 17.4 Å². The molecule has 1 heterocycles. The van der Waals surface area contributed by atoms with Crippen LogP contribution in [0.4, 0.5) is 5.13 Å². The summed E-state index contributed by atoms with van der Waals surface area (Å²) in [4.78, 5) is 17.6. The largest absolute Gasteiger partial charge is 0.494 e. The van der Waals surface area contributed by atoms with E-state index in [1.54, 1.807) is 42.6 Å². The lowest BCUT2D eigenvalue weighted by Gasteiger charge is -2.03. The number of nitrogens with one attached hydrogen (secondary N) is 1. The van der Waals surface area contributed by atoms with Crippen molar-refractivity contribution in [3.05, 3.63) is 80.3 Å². The van der Waals surface area contributed by atoms with Gasteiger partial charge in [-0.25, -0.2) is 4.98 Å². The fraction of sp³-hybridized carbons (Fsp3) is 0.136. The number of nitrogens with zero attached hydrogens (tertiary/aromatic N) is 2. The van der Waals surface area contributed by atoms with Gasteiger partial charge in [0.05, 0.1) is 16.7 Å². The van der Waals surface area contributed by atoms with Crippen LogP contribution in [0.3, 0.4) is 0 Å². The van der Waals surface area contributed by atoms with Crippen molar-refractivity contribution in [1.82, 2.24) is 4.98 Å². The van der Waals surface area contributed by atoms with E-state index in [0.717, 1.165) is 21.8 Å². The van der Waals surface area contributed by atoms with Gasteiger partial charge in [-0.1, -0.05) is 41.4 Å². The predicted octanol–water partition coefficient (Wildman–Crippen LogP) is 5.99. The van der Waals surface area contributed by atoms with E-state index in [1.165, 1.54) is 17.4 Å². The summed E-state index contributed by atoms with van der Waals surface area (Å²) in [5, 5.41) is 13.5. The molecule has 0 aliphatic heterocycles. The fourth-order valence-corrected chi connectivity index (χ4v) is 3.77. The van der Waals surface area contributed by atoms with E-state index < -0.39 is 5.91 Å². The van der Waals surface area contributed by atoms with Gasteiger partial charge in [-0.15, -0.1) is 11.3 Å². The Morgan fingerprint density at radius 1 is 1.23 bits per heavy atom. The minimum atomic E-state index is -0.512. The number of carbonyl (C=O) groups excluding carboxylic acids is 1. The third kappa shape index (κ3) is 5.83. The SMILES string of the molecule is CCOc1ccc(/C=C(\C#N)C(=O)Nc2ncc(Cc3ccc(Cl)c(Cl)c3)s2)cc1. The molecule has 1 aromatic heterocycles. The minimum Gasteiger partial charge on any atom is -0.494 e. The van der Waals surface area contributed by atoms with Crippen LogP contribution in [0.5, 0.6) is 5.75 Å². The van der Waals surface area contributed by atoms with Crippen LogP contribution in [0, 0.1) is 11.3 Å². The highest BCUT2D eigenvalue weighted by atomic mass is 35.5. The minimum absolute atomic E-state index is 0.0135. The van der Waals surface area contributed by atoms with E-state index in [4.69, 9.17) is 27.9 Å².